The summed E-state index contributed by atoms with van der Waals surface area (Å²) < 4.78 is 31.0. The maximum absolute atomic E-state index is 11.9. The van der Waals surface area contributed by atoms with E-state index >= 15 is 0 Å². The van der Waals surface area contributed by atoms with Gasteiger partial charge in [-0.2, -0.15) is 5.26 Å². The van der Waals surface area contributed by atoms with Gasteiger partial charge in [0, 0.05) is 0 Å². The summed E-state index contributed by atoms with van der Waals surface area (Å²) in [5, 5.41) is 17.3. The molecular weight excluding hydrogens is 304 g/mol. The Morgan fingerprint density at radius 2 is 2.15 bits per heavy atom. The molecule has 0 atom stereocenters. The van der Waals surface area contributed by atoms with Crippen molar-refractivity contribution in [3.05, 3.63) is 40.7 Å². The number of furan rings is 1. The number of carboxylic acids is 1. The van der Waals surface area contributed by atoms with Gasteiger partial charge in [0.05, 0.1) is 6.54 Å². The molecule has 0 aromatic carbocycles. The van der Waals surface area contributed by atoms with Crippen molar-refractivity contribution in [1.82, 2.24) is 4.72 Å². The number of nitriles is 1. The molecular formula is C11H8N2O5S2. The Morgan fingerprint density at radius 3 is 2.70 bits per heavy atom. The molecule has 0 aliphatic rings. The van der Waals surface area contributed by atoms with Crippen LogP contribution in [0.15, 0.2) is 32.9 Å². The Labute approximate surface area is 118 Å². The minimum absolute atomic E-state index is 0.0130. The van der Waals surface area contributed by atoms with Crippen molar-refractivity contribution in [2.24, 2.45) is 0 Å². The van der Waals surface area contributed by atoms with Crippen LogP contribution in [-0.2, 0) is 16.6 Å². The number of carboxylic acid groups (broad SMARTS) is 1. The average molecular weight is 312 g/mol. The molecule has 2 N–H and O–H groups in total. The Kier molecular flexibility index (Phi) is 3.89. The fourth-order valence-electron chi connectivity index (χ4n) is 1.35. The van der Waals surface area contributed by atoms with Crippen LogP contribution in [0.2, 0.25) is 0 Å². The molecule has 0 aliphatic carbocycles. The lowest BCUT2D eigenvalue weighted by Crippen LogP contribution is -2.22. The van der Waals surface area contributed by atoms with Crippen LogP contribution in [-0.4, -0.2) is 19.5 Å². The first-order valence-electron chi connectivity index (χ1n) is 5.24. The van der Waals surface area contributed by atoms with Gasteiger partial charge in [-0.1, -0.05) is 0 Å². The first kappa shape index (κ1) is 14.3. The number of hydrogen-bond acceptors (Lipinski definition) is 6. The molecule has 2 rings (SSSR count). The Morgan fingerprint density at radius 1 is 1.40 bits per heavy atom. The predicted octanol–water partition coefficient (Wildman–Crippen LogP) is 1.39. The number of nitrogens with zero attached hydrogens (tertiary/aromatic N) is 1. The third-order valence-electron chi connectivity index (χ3n) is 2.27. The van der Waals surface area contributed by atoms with Crippen molar-refractivity contribution in [3.8, 4) is 6.07 Å². The maximum atomic E-state index is 11.9. The molecule has 0 fully saturated rings. The van der Waals surface area contributed by atoms with E-state index < -0.39 is 16.0 Å². The molecule has 9 heteroatoms. The Balaban J connectivity index is 2.09. The molecule has 104 valence electrons. The highest BCUT2D eigenvalue weighted by Crippen LogP contribution is 2.21. The Hall–Kier alpha value is -2.15. The van der Waals surface area contributed by atoms with Gasteiger partial charge in [-0.25, -0.2) is 17.9 Å². The van der Waals surface area contributed by atoms with E-state index in [9.17, 15) is 13.2 Å². The lowest BCUT2D eigenvalue weighted by molar-refractivity contribution is 0.0660. The second-order valence-electron chi connectivity index (χ2n) is 3.63. The number of nitrogens with one attached hydrogen (secondary N) is 1. The predicted molar refractivity (Wildman–Crippen MR) is 68.7 cm³/mol. The van der Waals surface area contributed by atoms with Gasteiger partial charge in [-0.3, -0.25) is 0 Å². The first-order valence-corrected chi connectivity index (χ1v) is 7.54. The molecule has 0 radical (unpaired) electrons. The number of carbonyl (C=O) groups is 1. The topological polar surface area (TPSA) is 120 Å². The lowest BCUT2D eigenvalue weighted by atomic mass is 10.4. The van der Waals surface area contributed by atoms with Gasteiger partial charge in [0.2, 0.25) is 5.76 Å². The summed E-state index contributed by atoms with van der Waals surface area (Å²) in [4.78, 5) is 10.9. The minimum atomic E-state index is -3.75. The van der Waals surface area contributed by atoms with Gasteiger partial charge in [0.1, 0.15) is 20.9 Å². The van der Waals surface area contributed by atoms with Crippen molar-refractivity contribution in [3.63, 3.8) is 0 Å². The van der Waals surface area contributed by atoms with E-state index in [1.165, 1.54) is 24.3 Å². The number of rotatable bonds is 5. The van der Waals surface area contributed by atoms with E-state index in [0.717, 1.165) is 11.3 Å². The van der Waals surface area contributed by atoms with Crippen molar-refractivity contribution < 1.29 is 22.7 Å². The van der Waals surface area contributed by atoms with E-state index in [1.54, 1.807) is 0 Å². The Bertz CT molecular complexity index is 782. The summed E-state index contributed by atoms with van der Waals surface area (Å²) in [6.07, 6.45) is 0. The van der Waals surface area contributed by atoms with Crippen LogP contribution in [0.25, 0.3) is 0 Å². The fraction of sp³-hybridized carbons (Fsp3) is 0.0909. The summed E-state index contributed by atoms with van der Waals surface area (Å²) in [5.41, 5.74) is 0. The monoisotopic (exact) mass is 312 g/mol. The van der Waals surface area contributed by atoms with Crippen LogP contribution in [0, 0.1) is 11.3 Å². The molecule has 0 aliphatic heterocycles. The molecule has 0 unspecified atom stereocenters. The second kappa shape index (κ2) is 5.46. The van der Waals surface area contributed by atoms with Crippen LogP contribution < -0.4 is 4.72 Å². The van der Waals surface area contributed by atoms with Gasteiger partial charge in [-0.15, -0.1) is 11.3 Å². The van der Waals surface area contributed by atoms with Crippen molar-refractivity contribution in [2.75, 3.05) is 0 Å². The fourth-order valence-corrected chi connectivity index (χ4v) is 3.49. The molecule has 0 spiro atoms. The highest BCUT2D eigenvalue weighted by Gasteiger charge is 2.18. The van der Waals surface area contributed by atoms with Crippen LogP contribution >= 0.6 is 11.3 Å². The van der Waals surface area contributed by atoms with E-state index in [0.29, 0.717) is 0 Å². The lowest BCUT2D eigenvalue weighted by Gasteiger charge is -2.02. The van der Waals surface area contributed by atoms with E-state index in [2.05, 4.69) is 4.72 Å². The number of thiophene rings is 1. The smallest absolute Gasteiger partial charge is 0.371 e. The third-order valence-corrected chi connectivity index (χ3v) is 5.15. The van der Waals surface area contributed by atoms with Crippen LogP contribution in [0.3, 0.4) is 0 Å². The molecule has 20 heavy (non-hydrogen) atoms. The quantitative estimate of drug-likeness (QED) is 0.860. The van der Waals surface area contributed by atoms with Gasteiger partial charge >= 0.3 is 5.97 Å². The zero-order valence-corrected chi connectivity index (χ0v) is 11.5. The highest BCUT2D eigenvalue weighted by atomic mass is 32.2. The van der Waals surface area contributed by atoms with Crippen molar-refractivity contribution in [2.45, 2.75) is 10.8 Å². The molecule has 0 saturated carbocycles. The van der Waals surface area contributed by atoms with Crippen molar-refractivity contribution in [1.29, 1.82) is 5.26 Å². The summed E-state index contributed by atoms with van der Waals surface area (Å²) in [7, 11) is -3.75. The maximum Gasteiger partial charge on any atom is 0.371 e. The second-order valence-corrected chi connectivity index (χ2v) is 6.70. The minimum Gasteiger partial charge on any atom is -0.475 e. The summed E-state index contributed by atoms with van der Waals surface area (Å²) in [5.74, 6) is -1.30. The number of aromatic carboxylic acids is 1. The van der Waals surface area contributed by atoms with Gasteiger partial charge in [0.25, 0.3) is 10.0 Å². The van der Waals surface area contributed by atoms with E-state index in [4.69, 9.17) is 14.8 Å². The SMILES string of the molecule is N#Cc1ccc(S(=O)(=O)NCc2ccc(C(=O)O)o2)s1. The van der Waals surface area contributed by atoms with Crippen LogP contribution in [0.5, 0.6) is 0 Å². The summed E-state index contributed by atoms with van der Waals surface area (Å²) in [6.45, 7) is -0.171. The average Bonchev–Trinajstić information content (AvgIpc) is 3.05. The number of sulfonamides is 1. The molecule has 2 aromatic heterocycles. The van der Waals surface area contributed by atoms with Gasteiger partial charge in [0.15, 0.2) is 0 Å². The van der Waals surface area contributed by atoms with Gasteiger partial charge < -0.3 is 9.52 Å². The molecule has 0 amide bonds. The summed E-state index contributed by atoms with van der Waals surface area (Å²) >= 11 is 0.849. The molecule has 7 nitrogen and oxygen atoms in total. The van der Waals surface area contributed by atoms with Crippen LogP contribution in [0.1, 0.15) is 21.2 Å². The van der Waals surface area contributed by atoms with E-state index in [1.807, 2.05) is 6.07 Å². The highest BCUT2D eigenvalue weighted by molar-refractivity contribution is 7.91. The normalized spacial score (nSPS) is 11.2. The van der Waals surface area contributed by atoms with Gasteiger partial charge in [-0.05, 0) is 24.3 Å². The van der Waals surface area contributed by atoms with Crippen molar-refractivity contribution >= 4 is 27.3 Å². The standard InChI is InChI=1S/C11H8N2O5S2/c12-5-8-2-4-10(19-8)20(16,17)13-6-7-1-3-9(18-7)11(14)15/h1-4,13H,6H2,(H,14,15). The first-order chi connectivity index (χ1) is 9.42. The number of hydrogen-bond donors (Lipinski definition) is 2. The zero-order chi connectivity index (χ0) is 14.8. The largest absolute Gasteiger partial charge is 0.475 e. The molecule has 0 saturated heterocycles. The van der Waals surface area contributed by atoms with Crippen LogP contribution in [0.4, 0.5) is 0 Å². The third kappa shape index (κ3) is 3.05. The molecule has 2 heterocycles. The van der Waals surface area contributed by atoms with E-state index in [-0.39, 0.29) is 27.2 Å². The summed E-state index contributed by atoms with van der Waals surface area (Å²) in [6, 6.07) is 7.21. The molecule has 2 aromatic rings. The molecule has 0 bridgehead atoms. The zero-order valence-electron chi connectivity index (χ0n) is 9.86.